The third kappa shape index (κ3) is 11.0. The number of aryl methyl sites for hydroxylation is 2. The second kappa shape index (κ2) is 16.8. The molecule has 0 spiro atoms. The van der Waals surface area contributed by atoms with Crippen LogP contribution in [0.25, 0.3) is 0 Å². The van der Waals surface area contributed by atoms with Gasteiger partial charge in [-0.1, -0.05) is 67.4 Å². The van der Waals surface area contributed by atoms with Crippen LogP contribution in [-0.4, -0.2) is 50.6 Å². The van der Waals surface area contributed by atoms with Crippen molar-refractivity contribution >= 4 is 5.71 Å². The van der Waals surface area contributed by atoms with Crippen LogP contribution in [0.2, 0.25) is 0 Å². The van der Waals surface area contributed by atoms with E-state index in [9.17, 15) is 0 Å². The van der Waals surface area contributed by atoms with Crippen LogP contribution >= 0.6 is 0 Å². The van der Waals surface area contributed by atoms with Crippen LogP contribution in [-0.2, 0) is 11.3 Å². The Kier molecular flexibility index (Phi) is 13.6. The normalized spacial score (nSPS) is 11.9. The van der Waals surface area contributed by atoms with Crippen molar-refractivity contribution in [1.29, 1.82) is 0 Å². The van der Waals surface area contributed by atoms with Crippen LogP contribution in [0.3, 0.4) is 0 Å². The second-order valence-corrected chi connectivity index (χ2v) is 8.90. The molecule has 0 aromatic heterocycles. The summed E-state index contributed by atoms with van der Waals surface area (Å²) >= 11 is 0. The summed E-state index contributed by atoms with van der Waals surface area (Å²) in [6.45, 7) is 12.6. The zero-order valence-electron chi connectivity index (χ0n) is 22.4. The maximum Gasteiger partial charge on any atom is 0.125 e. The number of unbranched alkanes of at least 4 members (excludes halogenated alkanes) is 3. The molecule has 0 heterocycles. The number of ether oxygens (including phenoxy) is 2. The smallest absolute Gasteiger partial charge is 0.125 e. The van der Waals surface area contributed by atoms with Crippen LogP contribution in [0.15, 0.2) is 59.8 Å². The Balaban J connectivity index is 1.68. The summed E-state index contributed by atoms with van der Waals surface area (Å²) in [5, 5.41) is 4.29. The summed E-state index contributed by atoms with van der Waals surface area (Å²) in [5.74, 6) is 1.89. The molecule has 0 aliphatic heterocycles. The quantitative estimate of drug-likeness (QED) is 0.109. The second-order valence-electron chi connectivity index (χ2n) is 8.90. The zero-order valence-corrected chi connectivity index (χ0v) is 22.4. The lowest BCUT2D eigenvalue weighted by Gasteiger charge is -2.21. The standard InChI is InChI=1S/C30H44N2O3/c1-6-8-19-34-29-21-25(3)30(26(4)22-29)35-20-15-10-9-14-18-32(7-2)24-28(31-33-5)23-27-16-12-11-13-17-27/h6,8,11-13,16-17,21-22H,7,9-10,14-15,18-20,23-24H2,1-5H3/b8-6+,31-28+. The molecule has 2 aromatic carbocycles. The Labute approximate surface area is 212 Å². The average molecular weight is 481 g/mol. The Morgan fingerprint density at radius 1 is 0.971 bits per heavy atom. The topological polar surface area (TPSA) is 43.3 Å². The number of hydrogen-bond donors (Lipinski definition) is 0. The first-order chi connectivity index (χ1) is 17.1. The van der Waals surface area contributed by atoms with E-state index in [-0.39, 0.29) is 0 Å². The number of benzene rings is 2. The van der Waals surface area contributed by atoms with Gasteiger partial charge in [0.25, 0.3) is 0 Å². The first-order valence-corrected chi connectivity index (χ1v) is 12.9. The summed E-state index contributed by atoms with van der Waals surface area (Å²) in [4.78, 5) is 7.56. The molecule has 192 valence electrons. The minimum atomic E-state index is 0.596. The van der Waals surface area contributed by atoms with Crippen molar-refractivity contribution in [3.05, 3.63) is 71.3 Å². The highest BCUT2D eigenvalue weighted by molar-refractivity contribution is 5.88. The highest BCUT2D eigenvalue weighted by Crippen LogP contribution is 2.28. The molecule has 0 aliphatic rings. The SMILES string of the molecule is C/C=C/COc1cc(C)c(OCCCCCCN(CC)C/C(Cc2ccccc2)=N/OC)c(C)c1. The monoisotopic (exact) mass is 480 g/mol. The molecule has 2 rings (SSSR count). The summed E-state index contributed by atoms with van der Waals surface area (Å²) in [5.41, 5.74) is 4.59. The molecular weight excluding hydrogens is 436 g/mol. The maximum absolute atomic E-state index is 6.12. The predicted molar refractivity (Wildman–Crippen MR) is 147 cm³/mol. The highest BCUT2D eigenvalue weighted by atomic mass is 16.6. The largest absolute Gasteiger partial charge is 0.493 e. The van der Waals surface area contributed by atoms with E-state index in [0.717, 1.165) is 67.4 Å². The van der Waals surface area contributed by atoms with Crippen molar-refractivity contribution in [3.8, 4) is 11.5 Å². The van der Waals surface area contributed by atoms with E-state index in [2.05, 4.69) is 67.2 Å². The number of nitrogens with zero attached hydrogens (tertiary/aromatic N) is 2. The van der Waals surface area contributed by atoms with E-state index in [4.69, 9.17) is 14.3 Å². The first-order valence-electron chi connectivity index (χ1n) is 12.9. The van der Waals surface area contributed by atoms with Gasteiger partial charge < -0.3 is 14.3 Å². The van der Waals surface area contributed by atoms with Crippen molar-refractivity contribution in [3.63, 3.8) is 0 Å². The number of allylic oxidation sites excluding steroid dienone is 1. The van der Waals surface area contributed by atoms with Gasteiger partial charge in [-0.25, -0.2) is 0 Å². The van der Waals surface area contributed by atoms with Crippen molar-refractivity contribution in [1.82, 2.24) is 4.90 Å². The zero-order chi connectivity index (χ0) is 25.3. The van der Waals surface area contributed by atoms with Crippen LogP contribution in [0, 0.1) is 13.8 Å². The van der Waals surface area contributed by atoms with Crippen LogP contribution in [0.1, 0.15) is 56.2 Å². The summed E-state index contributed by atoms with van der Waals surface area (Å²) < 4.78 is 11.9. The van der Waals surface area contributed by atoms with Crippen LogP contribution < -0.4 is 9.47 Å². The lowest BCUT2D eigenvalue weighted by atomic mass is 10.1. The number of rotatable bonds is 17. The molecule has 0 saturated heterocycles. The third-order valence-electron chi connectivity index (χ3n) is 5.96. The average Bonchev–Trinajstić information content (AvgIpc) is 2.85. The molecule has 2 aromatic rings. The highest BCUT2D eigenvalue weighted by Gasteiger charge is 2.10. The van der Waals surface area contributed by atoms with E-state index < -0.39 is 0 Å². The fourth-order valence-corrected chi connectivity index (χ4v) is 4.11. The van der Waals surface area contributed by atoms with E-state index in [1.807, 2.05) is 25.1 Å². The molecule has 0 aliphatic carbocycles. The molecule has 35 heavy (non-hydrogen) atoms. The molecule has 0 radical (unpaired) electrons. The summed E-state index contributed by atoms with van der Waals surface area (Å²) in [7, 11) is 1.62. The van der Waals surface area contributed by atoms with Gasteiger partial charge in [-0.15, -0.1) is 0 Å². The van der Waals surface area contributed by atoms with E-state index >= 15 is 0 Å². The molecule has 0 unspecified atom stereocenters. The van der Waals surface area contributed by atoms with Crippen LogP contribution in [0.5, 0.6) is 11.5 Å². The van der Waals surface area contributed by atoms with Gasteiger partial charge in [0.2, 0.25) is 0 Å². The molecular formula is C30H44N2O3. The molecule has 0 atom stereocenters. The fourth-order valence-electron chi connectivity index (χ4n) is 4.11. The fraction of sp³-hybridized carbons (Fsp3) is 0.500. The van der Waals surface area contributed by atoms with Gasteiger partial charge in [0.15, 0.2) is 0 Å². The van der Waals surface area contributed by atoms with Gasteiger partial charge in [-0.05, 0) is 75.5 Å². The Morgan fingerprint density at radius 3 is 2.34 bits per heavy atom. The van der Waals surface area contributed by atoms with Gasteiger partial charge in [0.05, 0.1) is 12.3 Å². The van der Waals surface area contributed by atoms with E-state index in [1.165, 1.54) is 24.8 Å². The lowest BCUT2D eigenvalue weighted by Crippen LogP contribution is -2.31. The van der Waals surface area contributed by atoms with Crippen molar-refractivity contribution in [2.45, 2.75) is 59.8 Å². The minimum absolute atomic E-state index is 0.596. The van der Waals surface area contributed by atoms with Gasteiger partial charge >= 0.3 is 0 Å². The van der Waals surface area contributed by atoms with E-state index in [0.29, 0.717) is 6.61 Å². The predicted octanol–water partition coefficient (Wildman–Crippen LogP) is 6.76. The van der Waals surface area contributed by atoms with Crippen molar-refractivity contribution in [2.75, 3.05) is 40.0 Å². The summed E-state index contributed by atoms with van der Waals surface area (Å²) in [6, 6.07) is 14.6. The number of hydrogen-bond acceptors (Lipinski definition) is 5. The lowest BCUT2D eigenvalue weighted by molar-refractivity contribution is 0.209. The minimum Gasteiger partial charge on any atom is -0.493 e. The summed E-state index contributed by atoms with van der Waals surface area (Å²) in [6.07, 6.45) is 9.44. The molecule has 5 heteroatoms. The molecule has 0 fully saturated rings. The van der Waals surface area contributed by atoms with E-state index in [1.54, 1.807) is 7.11 Å². The molecule has 0 N–H and O–H groups in total. The Morgan fingerprint density at radius 2 is 1.69 bits per heavy atom. The Hall–Kier alpha value is -2.79. The Bertz CT molecular complexity index is 886. The maximum atomic E-state index is 6.12. The molecule has 0 saturated carbocycles. The molecule has 0 amide bonds. The molecule has 0 bridgehead atoms. The molecule has 5 nitrogen and oxygen atoms in total. The first kappa shape index (κ1) is 28.4. The van der Waals surface area contributed by atoms with Crippen LogP contribution in [0.4, 0.5) is 0 Å². The van der Waals surface area contributed by atoms with Gasteiger partial charge in [0, 0.05) is 13.0 Å². The van der Waals surface area contributed by atoms with Gasteiger partial charge in [-0.3, -0.25) is 4.90 Å². The van der Waals surface area contributed by atoms with Crippen molar-refractivity contribution < 1.29 is 14.3 Å². The van der Waals surface area contributed by atoms with Gasteiger partial charge in [0.1, 0.15) is 25.2 Å². The third-order valence-corrected chi connectivity index (χ3v) is 5.96. The van der Waals surface area contributed by atoms with Crippen molar-refractivity contribution in [2.24, 2.45) is 5.16 Å². The van der Waals surface area contributed by atoms with Gasteiger partial charge in [-0.2, -0.15) is 0 Å². The number of oxime groups is 1.